The van der Waals surface area contributed by atoms with Gasteiger partial charge in [-0.1, -0.05) is 0 Å². The molecule has 2 heterocycles. The van der Waals surface area contributed by atoms with Gasteiger partial charge in [0.2, 0.25) is 0 Å². The molecule has 0 fully saturated rings. The van der Waals surface area contributed by atoms with Gasteiger partial charge in [0.05, 0.1) is 5.69 Å². The van der Waals surface area contributed by atoms with Crippen LogP contribution in [-0.2, 0) is 7.05 Å². The second kappa shape index (κ2) is 4.59. The fourth-order valence-electron chi connectivity index (χ4n) is 2.58. The van der Waals surface area contributed by atoms with E-state index in [-0.39, 0.29) is 5.82 Å². The van der Waals surface area contributed by atoms with Crippen LogP contribution in [0.15, 0.2) is 18.2 Å². The van der Waals surface area contributed by atoms with Gasteiger partial charge in [-0.2, -0.15) is 0 Å². The summed E-state index contributed by atoms with van der Waals surface area (Å²) in [4.78, 5) is 5.76. The summed E-state index contributed by atoms with van der Waals surface area (Å²) in [7, 11) is 3.86. The highest BCUT2D eigenvalue weighted by atomic mass is 32.1. The lowest BCUT2D eigenvalue weighted by molar-refractivity contribution is 0.629. The second-order valence-corrected chi connectivity index (χ2v) is 6.06. The van der Waals surface area contributed by atoms with Gasteiger partial charge in [0.25, 0.3) is 0 Å². The molecule has 0 amide bonds. The fourth-order valence-corrected chi connectivity index (χ4v) is 3.35. The molecule has 0 bridgehead atoms. The van der Waals surface area contributed by atoms with E-state index in [9.17, 15) is 4.39 Å². The first kappa shape index (κ1) is 13.1. The van der Waals surface area contributed by atoms with Crippen molar-refractivity contribution in [3.8, 4) is 11.3 Å². The van der Waals surface area contributed by atoms with Crippen LogP contribution in [-0.4, -0.2) is 16.6 Å². The molecule has 3 nitrogen and oxygen atoms in total. The minimum absolute atomic E-state index is 0.217. The molecule has 1 N–H and O–H groups in total. The first-order valence-electron chi connectivity index (χ1n) is 6.43. The lowest BCUT2D eigenvalue weighted by Crippen LogP contribution is -1.91. The van der Waals surface area contributed by atoms with Crippen molar-refractivity contribution in [2.45, 2.75) is 13.8 Å². The summed E-state index contributed by atoms with van der Waals surface area (Å²) in [6.07, 6.45) is 0. The number of aromatic nitrogens is 2. The largest absolute Gasteiger partial charge is 0.365 e. The van der Waals surface area contributed by atoms with Crippen LogP contribution in [0.1, 0.15) is 10.6 Å². The minimum atomic E-state index is -0.217. The number of hydrogen-bond acceptors (Lipinski definition) is 3. The third-order valence-electron chi connectivity index (χ3n) is 3.70. The summed E-state index contributed by atoms with van der Waals surface area (Å²) < 4.78 is 15.7. The summed E-state index contributed by atoms with van der Waals surface area (Å²) in [6.45, 7) is 4.09. The van der Waals surface area contributed by atoms with Crippen LogP contribution in [0, 0.1) is 19.7 Å². The molecule has 0 unspecified atom stereocenters. The zero-order chi connectivity index (χ0) is 14.4. The number of aryl methyl sites for hydroxylation is 2. The molecule has 3 aromatic rings. The fraction of sp³-hybridized carbons (Fsp3) is 0.267. The van der Waals surface area contributed by atoms with Crippen molar-refractivity contribution in [1.29, 1.82) is 0 Å². The average molecular weight is 289 g/mol. The number of rotatable bonds is 2. The molecular formula is C15H16FN3S. The maximum absolute atomic E-state index is 13.6. The van der Waals surface area contributed by atoms with Crippen LogP contribution in [0.5, 0.6) is 0 Å². The molecule has 0 saturated carbocycles. The zero-order valence-corrected chi connectivity index (χ0v) is 12.7. The third-order valence-corrected chi connectivity index (χ3v) is 4.69. The molecule has 1 aromatic carbocycles. The van der Waals surface area contributed by atoms with Gasteiger partial charge in [-0.15, -0.1) is 11.3 Å². The van der Waals surface area contributed by atoms with Gasteiger partial charge in [-0.05, 0) is 32.0 Å². The molecule has 2 aromatic heterocycles. The smallest absolute Gasteiger partial charge is 0.183 e. The number of nitrogens with one attached hydrogen (secondary N) is 1. The Labute approximate surface area is 121 Å². The maximum atomic E-state index is 13.6. The van der Waals surface area contributed by atoms with E-state index >= 15 is 0 Å². The molecule has 0 saturated heterocycles. The van der Waals surface area contributed by atoms with Crippen molar-refractivity contribution in [1.82, 2.24) is 9.55 Å². The summed E-state index contributed by atoms with van der Waals surface area (Å²) in [6, 6.07) is 4.91. The van der Waals surface area contributed by atoms with Gasteiger partial charge in [-0.25, -0.2) is 9.37 Å². The van der Waals surface area contributed by atoms with Crippen molar-refractivity contribution in [3.05, 3.63) is 34.6 Å². The normalized spacial score (nSPS) is 11.2. The highest BCUT2D eigenvalue weighted by molar-refractivity contribution is 7.16. The minimum Gasteiger partial charge on any atom is -0.365 e. The van der Waals surface area contributed by atoms with Gasteiger partial charge in [0.15, 0.2) is 5.13 Å². The van der Waals surface area contributed by atoms with E-state index in [1.807, 2.05) is 34.0 Å². The third kappa shape index (κ3) is 1.81. The molecule has 0 atom stereocenters. The molecule has 104 valence electrons. The quantitative estimate of drug-likeness (QED) is 0.769. The van der Waals surface area contributed by atoms with Crippen LogP contribution in [0.4, 0.5) is 9.52 Å². The SMILES string of the molecule is CNc1nc(-c2c(C)n(C)c3ccc(F)cc23)c(C)s1. The average Bonchev–Trinajstić information content (AvgIpc) is 2.89. The standard InChI is InChI=1S/C15H16FN3S/c1-8-13(14-9(2)20-15(17-3)18-14)11-7-10(16)5-6-12(11)19(8)4/h5-7H,1-4H3,(H,17,18). The predicted octanol–water partition coefficient (Wildman–Crippen LogP) is 4.10. The number of anilines is 1. The van der Waals surface area contributed by atoms with Gasteiger partial charge < -0.3 is 9.88 Å². The topological polar surface area (TPSA) is 29.9 Å². The van der Waals surface area contributed by atoms with Crippen molar-refractivity contribution in [2.75, 3.05) is 12.4 Å². The first-order chi connectivity index (χ1) is 9.52. The van der Waals surface area contributed by atoms with E-state index < -0.39 is 0 Å². The van der Waals surface area contributed by atoms with Gasteiger partial charge in [-0.3, -0.25) is 0 Å². The Morgan fingerprint density at radius 2 is 2.05 bits per heavy atom. The van der Waals surface area contributed by atoms with Crippen molar-refractivity contribution in [2.24, 2.45) is 7.05 Å². The molecular weight excluding hydrogens is 273 g/mol. The van der Waals surface area contributed by atoms with E-state index in [4.69, 9.17) is 0 Å². The van der Waals surface area contributed by atoms with Crippen LogP contribution in [0.2, 0.25) is 0 Å². The van der Waals surface area contributed by atoms with Gasteiger partial charge in [0.1, 0.15) is 5.82 Å². The second-order valence-electron chi connectivity index (χ2n) is 4.85. The number of fused-ring (bicyclic) bond motifs is 1. The lowest BCUT2D eigenvalue weighted by Gasteiger charge is -2.00. The van der Waals surface area contributed by atoms with Crippen LogP contribution < -0.4 is 5.32 Å². The Kier molecular flexibility index (Phi) is 3.01. The first-order valence-corrected chi connectivity index (χ1v) is 7.24. The van der Waals surface area contributed by atoms with Gasteiger partial charge in [0, 0.05) is 41.1 Å². The Morgan fingerprint density at radius 1 is 1.30 bits per heavy atom. The van der Waals surface area contributed by atoms with E-state index in [0.717, 1.165) is 37.9 Å². The molecule has 20 heavy (non-hydrogen) atoms. The van der Waals surface area contributed by atoms with E-state index in [1.165, 1.54) is 6.07 Å². The molecule has 3 rings (SSSR count). The van der Waals surface area contributed by atoms with Crippen LogP contribution in [0.25, 0.3) is 22.2 Å². The van der Waals surface area contributed by atoms with Crippen LogP contribution in [0.3, 0.4) is 0 Å². The molecule has 0 radical (unpaired) electrons. The summed E-state index contributed by atoms with van der Waals surface area (Å²) >= 11 is 1.61. The molecule has 0 aliphatic heterocycles. The molecule has 5 heteroatoms. The van der Waals surface area contributed by atoms with Crippen molar-refractivity contribution < 1.29 is 4.39 Å². The Balaban J connectivity index is 2.37. The molecule has 0 aliphatic rings. The summed E-state index contributed by atoms with van der Waals surface area (Å²) in [5.41, 5.74) is 4.09. The Hall–Kier alpha value is -1.88. The molecule has 0 spiro atoms. The summed E-state index contributed by atoms with van der Waals surface area (Å²) in [5.74, 6) is -0.217. The van der Waals surface area contributed by atoms with E-state index in [1.54, 1.807) is 17.4 Å². The number of halogens is 1. The van der Waals surface area contributed by atoms with Crippen LogP contribution >= 0.6 is 11.3 Å². The Bertz CT molecular complexity index is 801. The monoisotopic (exact) mass is 289 g/mol. The zero-order valence-electron chi connectivity index (χ0n) is 11.9. The number of benzene rings is 1. The number of nitrogens with zero attached hydrogens (tertiary/aromatic N) is 2. The van der Waals surface area contributed by atoms with E-state index in [0.29, 0.717) is 0 Å². The molecule has 0 aliphatic carbocycles. The number of hydrogen-bond donors (Lipinski definition) is 1. The number of thiazole rings is 1. The highest BCUT2D eigenvalue weighted by Crippen LogP contribution is 2.38. The van der Waals surface area contributed by atoms with Crippen molar-refractivity contribution in [3.63, 3.8) is 0 Å². The van der Waals surface area contributed by atoms with E-state index in [2.05, 4.69) is 14.9 Å². The lowest BCUT2D eigenvalue weighted by atomic mass is 10.1. The highest BCUT2D eigenvalue weighted by Gasteiger charge is 2.19. The maximum Gasteiger partial charge on any atom is 0.183 e. The predicted molar refractivity (Wildman–Crippen MR) is 83.0 cm³/mol. The Morgan fingerprint density at radius 3 is 2.70 bits per heavy atom. The van der Waals surface area contributed by atoms with Crippen molar-refractivity contribution >= 4 is 27.4 Å². The van der Waals surface area contributed by atoms with Gasteiger partial charge >= 0.3 is 0 Å². The summed E-state index contributed by atoms with van der Waals surface area (Å²) in [5, 5.41) is 4.87.